The number of allylic oxidation sites excluding steroid dienone is 1. The number of para-hydroxylation sites is 2. The van der Waals surface area contributed by atoms with Crippen molar-refractivity contribution in [2.45, 2.75) is 31.0 Å². The molecule has 0 aliphatic carbocycles. The highest BCUT2D eigenvalue weighted by molar-refractivity contribution is 7.89. The van der Waals surface area contributed by atoms with E-state index in [2.05, 4.69) is 9.97 Å². The molecule has 11 heteroatoms. The molecule has 1 fully saturated rings. The number of imidazole rings is 1. The van der Waals surface area contributed by atoms with Gasteiger partial charge in [0.1, 0.15) is 18.2 Å². The van der Waals surface area contributed by atoms with Crippen molar-refractivity contribution in [3.8, 4) is 6.07 Å². The Balaban J connectivity index is 1.50. The van der Waals surface area contributed by atoms with Crippen LogP contribution in [0.3, 0.4) is 0 Å². The number of ether oxygens (including phenoxy) is 2. The summed E-state index contributed by atoms with van der Waals surface area (Å²) in [7, 11) is -3.85. The van der Waals surface area contributed by atoms with E-state index in [0.29, 0.717) is 11.0 Å². The molecule has 1 aromatic heterocycles. The topological polar surface area (TPSA) is 146 Å². The molecule has 0 amide bonds. The van der Waals surface area contributed by atoms with Crippen LogP contribution >= 0.6 is 0 Å². The number of aromatic amines is 1. The number of morpholine rings is 1. The molecule has 0 radical (unpaired) electrons. The first-order valence-electron chi connectivity index (χ1n) is 10.9. The van der Waals surface area contributed by atoms with E-state index in [1.165, 1.54) is 28.6 Å². The van der Waals surface area contributed by atoms with Gasteiger partial charge in [0.05, 0.1) is 33.7 Å². The fourth-order valence-corrected chi connectivity index (χ4v) is 5.51. The van der Waals surface area contributed by atoms with Crippen LogP contribution in [0.1, 0.15) is 30.0 Å². The van der Waals surface area contributed by atoms with E-state index >= 15 is 0 Å². The van der Waals surface area contributed by atoms with Crippen LogP contribution in [-0.2, 0) is 19.5 Å². The summed E-state index contributed by atoms with van der Waals surface area (Å²) in [6.07, 6.45) is -0.505. The predicted molar refractivity (Wildman–Crippen MR) is 127 cm³/mol. The number of fused-ring (bicyclic) bond motifs is 1. The Hall–Kier alpha value is -3.72. The predicted octanol–water partition coefficient (Wildman–Crippen LogP) is 3.01. The van der Waals surface area contributed by atoms with Crippen molar-refractivity contribution in [1.82, 2.24) is 14.3 Å². The SMILES string of the molecule is C[C@H]1CN(S(=O)(=O)c2cccc(C(=O)OCC(O)=C(C#N)c3nc4ccccc4[nH]3)c2)C[C@H](C)O1. The molecule has 0 saturated carbocycles. The number of hydrogen-bond acceptors (Lipinski definition) is 8. The van der Waals surface area contributed by atoms with E-state index in [1.807, 2.05) is 6.07 Å². The van der Waals surface area contributed by atoms with Crippen molar-refractivity contribution in [2.75, 3.05) is 19.7 Å². The van der Waals surface area contributed by atoms with E-state index in [4.69, 9.17) is 9.47 Å². The van der Waals surface area contributed by atoms with Gasteiger partial charge in [-0.15, -0.1) is 0 Å². The van der Waals surface area contributed by atoms with Crippen LogP contribution in [0, 0.1) is 11.3 Å². The third kappa shape index (κ3) is 5.19. The van der Waals surface area contributed by atoms with Crippen LogP contribution in [0.5, 0.6) is 0 Å². The molecule has 0 bridgehead atoms. The highest BCUT2D eigenvalue weighted by atomic mass is 32.2. The van der Waals surface area contributed by atoms with Gasteiger partial charge >= 0.3 is 5.97 Å². The Labute approximate surface area is 202 Å². The summed E-state index contributed by atoms with van der Waals surface area (Å²) < 4.78 is 38.3. The number of nitriles is 1. The average Bonchev–Trinajstić information content (AvgIpc) is 3.26. The molecule has 0 unspecified atom stereocenters. The van der Waals surface area contributed by atoms with Gasteiger partial charge in [-0.05, 0) is 44.2 Å². The molecule has 10 nitrogen and oxygen atoms in total. The minimum atomic E-state index is -3.85. The Morgan fingerprint density at radius 3 is 2.63 bits per heavy atom. The number of nitrogens with one attached hydrogen (secondary N) is 1. The van der Waals surface area contributed by atoms with Crippen molar-refractivity contribution in [2.24, 2.45) is 0 Å². The van der Waals surface area contributed by atoms with Crippen LogP contribution in [0.4, 0.5) is 0 Å². The summed E-state index contributed by atoms with van der Waals surface area (Å²) in [5, 5.41) is 19.9. The zero-order valence-corrected chi connectivity index (χ0v) is 19.9. The first kappa shape index (κ1) is 24.4. The van der Waals surface area contributed by atoms with Crippen LogP contribution in [0.15, 0.2) is 59.2 Å². The number of aliphatic hydroxyl groups excluding tert-OH is 1. The van der Waals surface area contributed by atoms with Crippen molar-refractivity contribution in [1.29, 1.82) is 5.26 Å². The second-order valence-electron chi connectivity index (χ2n) is 8.22. The standard InChI is InChI=1S/C24H24N4O6S/c1-15-12-28(13-16(2)34-15)35(31,32)18-7-5-6-17(10-18)24(30)33-14-22(29)19(11-25)23-26-20-8-3-4-9-21(20)27-23/h3-10,15-16,29H,12-14H2,1-2H3,(H,26,27)/t15-,16-/m0/s1. The molecule has 0 spiro atoms. The lowest BCUT2D eigenvalue weighted by molar-refractivity contribution is -0.0440. The number of esters is 1. The van der Waals surface area contributed by atoms with Crippen LogP contribution < -0.4 is 0 Å². The van der Waals surface area contributed by atoms with Crippen LogP contribution in [0.25, 0.3) is 16.6 Å². The maximum absolute atomic E-state index is 13.1. The van der Waals surface area contributed by atoms with Crippen molar-refractivity contribution in [3.63, 3.8) is 0 Å². The van der Waals surface area contributed by atoms with Gasteiger partial charge in [-0.1, -0.05) is 18.2 Å². The van der Waals surface area contributed by atoms with Crippen LogP contribution in [-0.4, -0.2) is 65.7 Å². The Morgan fingerprint density at radius 1 is 1.23 bits per heavy atom. The molecular weight excluding hydrogens is 472 g/mol. The number of H-pyrrole nitrogens is 1. The summed E-state index contributed by atoms with van der Waals surface area (Å²) in [5.74, 6) is -1.19. The van der Waals surface area contributed by atoms with E-state index < -0.39 is 28.4 Å². The molecular formula is C24H24N4O6S. The number of nitrogens with zero attached hydrogens (tertiary/aromatic N) is 3. The van der Waals surface area contributed by atoms with E-state index in [0.717, 1.165) is 0 Å². The number of carbonyl (C=O) groups is 1. The van der Waals surface area contributed by atoms with Crippen molar-refractivity contribution < 1.29 is 27.8 Å². The monoisotopic (exact) mass is 496 g/mol. The molecule has 35 heavy (non-hydrogen) atoms. The van der Waals surface area contributed by atoms with Gasteiger partial charge in [0, 0.05) is 13.1 Å². The molecule has 2 atom stereocenters. The number of sulfonamides is 1. The lowest BCUT2D eigenvalue weighted by atomic mass is 10.2. The second kappa shape index (κ2) is 9.87. The van der Waals surface area contributed by atoms with Gasteiger partial charge in [-0.3, -0.25) is 0 Å². The molecule has 4 rings (SSSR count). The summed E-state index contributed by atoms with van der Waals surface area (Å²) in [5.41, 5.74) is 1.13. The fraction of sp³-hybridized carbons (Fsp3) is 0.292. The van der Waals surface area contributed by atoms with Gasteiger partial charge in [0.15, 0.2) is 11.6 Å². The minimum absolute atomic E-state index is 0.00419. The molecule has 1 aliphatic rings. The summed E-state index contributed by atoms with van der Waals surface area (Å²) in [6, 6.07) is 14.5. The molecule has 3 aromatic rings. The molecule has 1 saturated heterocycles. The van der Waals surface area contributed by atoms with Gasteiger partial charge in [0.25, 0.3) is 0 Å². The zero-order valence-electron chi connectivity index (χ0n) is 19.1. The van der Waals surface area contributed by atoms with Gasteiger partial charge < -0.3 is 19.6 Å². The first-order valence-corrected chi connectivity index (χ1v) is 12.3. The molecule has 1 aliphatic heterocycles. The van der Waals surface area contributed by atoms with E-state index in [9.17, 15) is 23.6 Å². The number of aromatic nitrogens is 2. The smallest absolute Gasteiger partial charge is 0.338 e. The second-order valence-corrected chi connectivity index (χ2v) is 10.2. The van der Waals surface area contributed by atoms with Gasteiger partial charge in [-0.2, -0.15) is 9.57 Å². The summed E-state index contributed by atoms with van der Waals surface area (Å²) >= 11 is 0. The Kier molecular flexibility index (Phi) is 6.88. The van der Waals surface area contributed by atoms with Crippen molar-refractivity contribution in [3.05, 3.63) is 65.7 Å². The third-order valence-corrected chi connectivity index (χ3v) is 7.29. The highest BCUT2D eigenvalue weighted by Crippen LogP contribution is 2.23. The third-order valence-electron chi connectivity index (χ3n) is 5.46. The number of hydrogen-bond donors (Lipinski definition) is 2. The minimum Gasteiger partial charge on any atom is -0.507 e. The maximum Gasteiger partial charge on any atom is 0.338 e. The van der Waals surface area contributed by atoms with E-state index in [-0.39, 0.29) is 47.2 Å². The largest absolute Gasteiger partial charge is 0.507 e. The number of rotatable bonds is 6. The lowest BCUT2D eigenvalue weighted by Gasteiger charge is -2.34. The van der Waals surface area contributed by atoms with Crippen LogP contribution in [0.2, 0.25) is 0 Å². The Morgan fingerprint density at radius 2 is 1.94 bits per heavy atom. The molecule has 2 heterocycles. The first-order chi connectivity index (χ1) is 16.7. The normalized spacial score (nSPS) is 19.7. The fourth-order valence-electron chi connectivity index (χ4n) is 3.87. The quantitative estimate of drug-likeness (QED) is 0.301. The average molecular weight is 497 g/mol. The Bertz CT molecular complexity index is 1400. The zero-order chi connectivity index (χ0) is 25.2. The highest BCUT2D eigenvalue weighted by Gasteiger charge is 2.32. The maximum atomic E-state index is 13.1. The number of carbonyl (C=O) groups excluding carboxylic acids is 1. The van der Waals surface area contributed by atoms with Gasteiger partial charge in [-0.25, -0.2) is 18.2 Å². The summed E-state index contributed by atoms with van der Waals surface area (Å²) in [4.78, 5) is 19.8. The molecule has 2 N–H and O–H groups in total. The number of aliphatic hydroxyl groups is 1. The van der Waals surface area contributed by atoms with E-state index in [1.54, 1.807) is 38.1 Å². The van der Waals surface area contributed by atoms with Crippen molar-refractivity contribution >= 4 is 32.6 Å². The number of benzene rings is 2. The molecule has 182 valence electrons. The lowest BCUT2D eigenvalue weighted by Crippen LogP contribution is -2.48. The van der Waals surface area contributed by atoms with Gasteiger partial charge in [0.2, 0.25) is 10.0 Å². The summed E-state index contributed by atoms with van der Waals surface area (Å²) in [6.45, 7) is 3.42. The molecule has 2 aromatic carbocycles.